The lowest BCUT2D eigenvalue weighted by atomic mass is 9.97. The normalized spacial score (nSPS) is 16.4. The van der Waals surface area contributed by atoms with E-state index in [1.165, 1.54) is 5.56 Å². The first kappa shape index (κ1) is 25.2. The van der Waals surface area contributed by atoms with E-state index in [9.17, 15) is 9.59 Å². The number of benzene rings is 3. The standard InChI is InChI=1S/C31H36N4O2/c1-22-6-7-27(31(37)33-28-12-13-28)19-29(22)25-8-10-26(11-9-25)30(36)32-20-23-4-3-5-24(18-23)21-35-16-14-34(2)15-17-35/h3-11,18-19,28H,12-17,20-21H2,1-2H3,(H,32,36)(H,33,37). The highest BCUT2D eigenvalue weighted by Gasteiger charge is 2.24. The molecule has 0 unspecified atom stereocenters. The van der Waals surface area contributed by atoms with Gasteiger partial charge in [-0.2, -0.15) is 0 Å². The molecule has 2 aliphatic rings. The molecule has 1 saturated carbocycles. The van der Waals surface area contributed by atoms with Gasteiger partial charge in [-0.05, 0) is 78.9 Å². The molecule has 0 spiro atoms. The maximum absolute atomic E-state index is 12.8. The van der Waals surface area contributed by atoms with Crippen LogP contribution in [0.3, 0.4) is 0 Å². The second-order valence-electron chi connectivity index (χ2n) is 10.4. The van der Waals surface area contributed by atoms with Gasteiger partial charge in [-0.15, -0.1) is 0 Å². The summed E-state index contributed by atoms with van der Waals surface area (Å²) in [5.74, 6) is -0.113. The summed E-state index contributed by atoms with van der Waals surface area (Å²) in [7, 11) is 2.17. The van der Waals surface area contributed by atoms with Gasteiger partial charge in [0.15, 0.2) is 0 Å². The van der Waals surface area contributed by atoms with Crippen LogP contribution in [0.15, 0.2) is 66.7 Å². The first-order valence-electron chi connectivity index (χ1n) is 13.2. The largest absolute Gasteiger partial charge is 0.349 e. The zero-order valence-electron chi connectivity index (χ0n) is 21.8. The molecule has 2 N–H and O–H groups in total. The van der Waals surface area contributed by atoms with Crippen LogP contribution in [0.5, 0.6) is 0 Å². The molecule has 2 amide bonds. The third-order valence-electron chi connectivity index (χ3n) is 7.32. The minimum Gasteiger partial charge on any atom is -0.349 e. The maximum Gasteiger partial charge on any atom is 0.251 e. The fraction of sp³-hybridized carbons (Fsp3) is 0.355. The lowest BCUT2D eigenvalue weighted by Gasteiger charge is -2.32. The molecule has 3 aromatic carbocycles. The molecule has 0 bridgehead atoms. The predicted molar refractivity (Wildman–Crippen MR) is 147 cm³/mol. The summed E-state index contributed by atoms with van der Waals surface area (Å²) in [5, 5.41) is 6.11. The number of carbonyl (C=O) groups is 2. The summed E-state index contributed by atoms with van der Waals surface area (Å²) >= 11 is 0. The zero-order chi connectivity index (χ0) is 25.8. The Labute approximate surface area is 219 Å². The number of hydrogen-bond donors (Lipinski definition) is 2. The van der Waals surface area contributed by atoms with Crippen LogP contribution in [-0.4, -0.2) is 60.9 Å². The summed E-state index contributed by atoms with van der Waals surface area (Å²) in [6, 6.07) is 22.2. The number of piperazine rings is 1. The first-order chi connectivity index (χ1) is 17.9. The number of aryl methyl sites for hydroxylation is 1. The number of rotatable bonds is 8. The minimum atomic E-state index is -0.0923. The Hall–Kier alpha value is -3.48. The molecule has 6 heteroatoms. The van der Waals surface area contributed by atoms with Gasteiger partial charge in [-0.3, -0.25) is 14.5 Å². The van der Waals surface area contributed by atoms with Crippen molar-refractivity contribution in [3.8, 4) is 11.1 Å². The van der Waals surface area contributed by atoms with E-state index in [0.717, 1.165) is 67.8 Å². The van der Waals surface area contributed by atoms with Gasteiger partial charge in [0.25, 0.3) is 11.8 Å². The molecule has 192 valence electrons. The van der Waals surface area contributed by atoms with Crippen LogP contribution in [0.2, 0.25) is 0 Å². The molecule has 1 heterocycles. The number of likely N-dealkylation sites (N-methyl/N-ethyl adjacent to an activating group) is 1. The monoisotopic (exact) mass is 496 g/mol. The van der Waals surface area contributed by atoms with Crippen LogP contribution in [0.4, 0.5) is 0 Å². The van der Waals surface area contributed by atoms with Crippen molar-refractivity contribution in [2.45, 2.75) is 38.9 Å². The molecule has 6 nitrogen and oxygen atoms in total. The van der Waals surface area contributed by atoms with E-state index in [0.29, 0.717) is 23.7 Å². The third-order valence-corrected chi connectivity index (χ3v) is 7.32. The van der Waals surface area contributed by atoms with E-state index in [-0.39, 0.29) is 11.8 Å². The number of hydrogen-bond acceptors (Lipinski definition) is 4. The predicted octanol–water partition coefficient (Wildman–Crippen LogP) is 4.23. The van der Waals surface area contributed by atoms with E-state index in [1.807, 2.05) is 49.4 Å². The van der Waals surface area contributed by atoms with Crippen LogP contribution in [-0.2, 0) is 13.1 Å². The van der Waals surface area contributed by atoms with E-state index in [2.05, 4.69) is 51.7 Å². The Bertz CT molecular complexity index is 1260. The third kappa shape index (κ3) is 6.64. The van der Waals surface area contributed by atoms with Gasteiger partial charge in [-0.1, -0.05) is 42.5 Å². The van der Waals surface area contributed by atoms with Crippen molar-refractivity contribution in [2.75, 3.05) is 33.2 Å². The SMILES string of the molecule is Cc1ccc(C(=O)NC2CC2)cc1-c1ccc(C(=O)NCc2cccc(CN3CCN(C)CC3)c2)cc1. The molecule has 3 aromatic rings. The number of carbonyl (C=O) groups excluding carboxylic acids is 2. The second kappa shape index (κ2) is 11.3. The van der Waals surface area contributed by atoms with Crippen LogP contribution in [0.1, 0.15) is 50.2 Å². The van der Waals surface area contributed by atoms with Gasteiger partial charge >= 0.3 is 0 Å². The van der Waals surface area contributed by atoms with Gasteiger partial charge in [0.2, 0.25) is 0 Å². The molecule has 0 aromatic heterocycles. The Morgan fingerprint density at radius 1 is 0.838 bits per heavy atom. The van der Waals surface area contributed by atoms with Crippen molar-refractivity contribution in [3.63, 3.8) is 0 Å². The number of nitrogens with zero attached hydrogens (tertiary/aromatic N) is 2. The fourth-order valence-corrected chi connectivity index (χ4v) is 4.76. The zero-order valence-corrected chi connectivity index (χ0v) is 21.8. The van der Waals surface area contributed by atoms with Crippen molar-refractivity contribution in [3.05, 3.63) is 94.5 Å². The topological polar surface area (TPSA) is 64.7 Å². The van der Waals surface area contributed by atoms with E-state index < -0.39 is 0 Å². The van der Waals surface area contributed by atoms with Crippen LogP contribution in [0, 0.1) is 6.92 Å². The molecule has 5 rings (SSSR count). The van der Waals surface area contributed by atoms with E-state index in [4.69, 9.17) is 0 Å². The molecule has 2 fully saturated rings. The molecule has 1 aliphatic carbocycles. The summed E-state index contributed by atoms with van der Waals surface area (Å²) < 4.78 is 0. The Balaban J connectivity index is 1.19. The van der Waals surface area contributed by atoms with Crippen LogP contribution >= 0.6 is 0 Å². The van der Waals surface area contributed by atoms with E-state index >= 15 is 0 Å². The van der Waals surface area contributed by atoms with Gasteiger partial charge < -0.3 is 15.5 Å². The molecule has 37 heavy (non-hydrogen) atoms. The number of nitrogens with one attached hydrogen (secondary N) is 2. The average Bonchev–Trinajstić information content (AvgIpc) is 3.73. The molecule has 0 atom stereocenters. The molecular formula is C31H36N4O2. The van der Waals surface area contributed by atoms with Crippen molar-refractivity contribution in [1.29, 1.82) is 0 Å². The highest BCUT2D eigenvalue weighted by atomic mass is 16.2. The van der Waals surface area contributed by atoms with Gasteiger partial charge in [0, 0.05) is 56.4 Å². The lowest BCUT2D eigenvalue weighted by molar-refractivity contribution is 0.0943. The summed E-state index contributed by atoms with van der Waals surface area (Å²) in [5.41, 5.74) is 6.77. The minimum absolute atomic E-state index is 0.0210. The summed E-state index contributed by atoms with van der Waals surface area (Å²) in [6.07, 6.45) is 2.13. The average molecular weight is 497 g/mol. The summed E-state index contributed by atoms with van der Waals surface area (Å²) in [6.45, 7) is 7.87. The molecule has 0 radical (unpaired) electrons. The van der Waals surface area contributed by atoms with Gasteiger partial charge in [0.1, 0.15) is 0 Å². The van der Waals surface area contributed by atoms with Crippen molar-refractivity contribution in [2.24, 2.45) is 0 Å². The molecule has 1 saturated heterocycles. The molecular weight excluding hydrogens is 460 g/mol. The van der Waals surface area contributed by atoms with E-state index in [1.54, 1.807) is 0 Å². The smallest absolute Gasteiger partial charge is 0.251 e. The maximum atomic E-state index is 12.8. The van der Waals surface area contributed by atoms with Crippen molar-refractivity contribution < 1.29 is 9.59 Å². The van der Waals surface area contributed by atoms with Gasteiger partial charge in [0.05, 0.1) is 0 Å². The Morgan fingerprint density at radius 2 is 1.54 bits per heavy atom. The Kier molecular flexibility index (Phi) is 7.68. The first-order valence-corrected chi connectivity index (χ1v) is 13.2. The highest BCUT2D eigenvalue weighted by Crippen LogP contribution is 2.26. The van der Waals surface area contributed by atoms with Crippen molar-refractivity contribution >= 4 is 11.8 Å². The fourth-order valence-electron chi connectivity index (χ4n) is 4.76. The van der Waals surface area contributed by atoms with Crippen molar-refractivity contribution in [1.82, 2.24) is 20.4 Å². The lowest BCUT2D eigenvalue weighted by Crippen LogP contribution is -2.43. The quantitative estimate of drug-likeness (QED) is 0.490. The van der Waals surface area contributed by atoms with Crippen LogP contribution in [0.25, 0.3) is 11.1 Å². The van der Waals surface area contributed by atoms with Crippen LogP contribution < -0.4 is 10.6 Å². The Morgan fingerprint density at radius 3 is 2.27 bits per heavy atom. The van der Waals surface area contributed by atoms with Gasteiger partial charge in [-0.25, -0.2) is 0 Å². The second-order valence-corrected chi connectivity index (χ2v) is 10.4. The number of amides is 2. The highest BCUT2D eigenvalue weighted by molar-refractivity contribution is 5.97. The summed E-state index contributed by atoms with van der Waals surface area (Å²) in [4.78, 5) is 30.2. The molecule has 1 aliphatic heterocycles.